The topological polar surface area (TPSA) is 57.4 Å². The molecule has 5 heterocycles. The SMILES string of the molecule is C1=Cc2nc1c(-c1ccccc1)c1ccc([nH]1)c(-c1ccccc1)c1nc(c(-c3ccccc3)c3[nH]c(c2-c2ccccc2)c2ccccc32)-c2ccccc2-1. The minimum Gasteiger partial charge on any atom is -0.354 e. The van der Waals surface area contributed by atoms with E-state index in [1.54, 1.807) is 0 Å². The molecule has 0 unspecified atom stereocenters. The number of hydrogen-bond donors (Lipinski definition) is 2. The van der Waals surface area contributed by atoms with Crippen LogP contribution in [0.15, 0.2) is 182 Å². The fourth-order valence-corrected chi connectivity index (χ4v) is 8.51. The number of aromatic amines is 2. The standard InChI is InChI=1S/C52H34N4/c1-5-17-33(18-6-1)45-41-29-31-43(53-41)46(34-19-7-2-8-20-34)49-37-25-13-15-27-39(37)51(55-49)48(36-23-11-4-12-24-36)52-40-28-16-14-26-38(40)50(56-52)47(35-21-9-3-10-22-35)44-32-30-42(45)54-44/h1-32,53,56H. The van der Waals surface area contributed by atoms with Crippen LogP contribution in [-0.4, -0.2) is 19.9 Å². The Morgan fingerprint density at radius 2 is 0.696 bits per heavy atom. The second kappa shape index (κ2) is 13.1. The number of fused-ring (bicyclic) bond motifs is 14. The Morgan fingerprint density at radius 1 is 0.304 bits per heavy atom. The smallest absolute Gasteiger partial charge is 0.0816 e. The number of benzene rings is 6. The summed E-state index contributed by atoms with van der Waals surface area (Å²) in [6, 6.07) is 64.2. The maximum absolute atomic E-state index is 5.73. The molecule has 2 N–H and O–H groups in total. The predicted octanol–water partition coefficient (Wildman–Crippen LogP) is 13.6. The highest BCUT2D eigenvalue weighted by Gasteiger charge is 2.26. The van der Waals surface area contributed by atoms with Gasteiger partial charge in [0.1, 0.15) is 0 Å². The van der Waals surface area contributed by atoms with Crippen molar-refractivity contribution in [3.63, 3.8) is 0 Å². The average Bonchev–Trinajstić information content (AvgIpc) is 4.08. The van der Waals surface area contributed by atoms with E-state index in [4.69, 9.17) is 9.97 Å². The number of nitrogens with one attached hydrogen (secondary N) is 2. The van der Waals surface area contributed by atoms with E-state index < -0.39 is 0 Å². The first-order valence-electron chi connectivity index (χ1n) is 19.0. The molecule has 4 heteroatoms. The minimum atomic E-state index is 0.896. The molecule has 6 aromatic carbocycles. The van der Waals surface area contributed by atoms with Crippen molar-refractivity contribution >= 4 is 45.0 Å². The summed E-state index contributed by atoms with van der Waals surface area (Å²) in [5.41, 5.74) is 18.4. The Bertz CT molecular complexity index is 3160. The van der Waals surface area contributed by atoms with Gasteiger partial charge in [-0.3, -0.25) is 0 Å². The van der Waals surface area contributed by atoms with Gasteiger partial charge < -0.3 is 9.97 Å². The Labute approximate surface area is 324 Å². The van der Waals surface area contributed by atoms with E-state index in [-0.39, 0.29) is 0 Å². The molecule has 262 valence electrons. The van der Waals surface area contributed by atoms with Crippen molar-refractivity contribution < 1.29 is 0 Å². The highest BCUT2D eigenvalue weighted by atomic mass is 14.8. The van der Waals surface area contributed by atoms with Crippen molar-refractivity contribution in [3.05, 3.63) is 193 Å². The normalized spacial score (nSPS) is 11.9. The molecule has 0 saturated carbocycles. The van der Waals surface area contributed by atoms with Crippen LogP contribution in [0, 0.1) is 0 Å². The Morgan fingerprint density at radius 3 is 1.25 bits per heavy atom. The summed E-state index contributed by atoms with van der Waals surface area (Å²) in [6.07, 6.45) is 4.33. The van der Waals surface area contributed by atoms with Gasteiger partial charge in [0.05, 0.1) is 33.8 Å². The van der Waals surface area contributed by atoms with Gasteiger partial charge in [-0.15, -0.1) is 0 Å². The first-order valence-corrected chi connectivity index (χ1v) is 19.0. The van der Waals surface area contributed by atoms with E-state index in [2.05, 4.69) is 204 Å². The fraction of sp³-hybridized carbons (Fsp3) is 0. The van der Waals surface area contributed by atoms with Crippen LogP contribution in [0.1, 0.15) is 11.4 Å². The summed E-state index contributed by atoms with van der Waals surface area (Å²) < 4.78 is 0. The van der Waals surface area contributed by atoms with Crippen molar-refractivity contribution in [3.8, 4) is 67.0 Å². The molecule has 0 radical (unpaired) electrons. The lowest BCUT2D eigenvalue weighted by Crippen LogP contribution is -1.89. The molecule has 11 rings (SSSR count). The molecule has 56 heavy (non-hydrogen) atoms. The number of nitrogens with zero attached hydrogens (tertiary/aromatic N) is 2. The summed E-state index contributed by atoms with van der Waals surface area (Å²) >= 11 is 0. The number of H-pyrrole nitrogens is 2. The highest BCUT2D eigenvalue weighted by Crippen LogP contribution is 2.48. The maximum Gasteiger partial charge on any atom is 0.0816 e. The molecular weight excluding hydrogens is 681 g/mol. The third-order valence-corrected chi connectivity index (χ3v) is 11.0. The highest BCUT2D eigenvalue weighted by molar-refractivity contribution is 6.17. The van der Waals surface area contributed by atoms with E-state index in [0.29, 0.717) is 0 Å². The average molecular weight is 715 g/mol. The van der Waals surface area contributed by atoms with Gasteiger partial charge in [-0.1, -0.05) is 170 Å². The van der Waals surface area contributed by atoms with Crippen LogP contribution >= 0.6 is 0 Å². The number of hydrogen-bond acceptors (Lipinski definition) is 2. The monoisotopic (exact) mass is 714 g/mol. The molecule has 0 atom stereocenters. The molecule has 2 aliphatic heterocycles. The van der Waals surface area contributed by atoms with Crippen molar-refractivity contribution in [2.75, 3.05) is 0 Å². The molecule has 3 aromatic heterocycles. The first kappa shape index (κ1) is 31.9. The molecule has 0 amide bonds. The second-order valence-electron chi connectivity index (χ2n) is 14.2. The van der Waals surface area contributed by atoms with Gasteiger partial charge in [0.25, 0.3) is 0 Å². The third-order valence-electron chi connectivity index (χ3n) is 11.0. The van der Waals surface area contributed by atoms with Gasteiger partial charge in [-0.25, -0.2) is 9.97 Å². The Kier molecular flexibility index (Phi) is 7.46. The van der Waals surface area contributed by atoms with Gasteiger partial charge in [0, 0.05) is 55.2 Å². The molecule has 8 bridgehead atoms. The van der Waals surface area contributed by atoms with E-state index in [1.165, 1.54) is 0 Å². The van der Waals surface area contributed by atoms with Crippen LogP contribution in [0.2, 0.25) is 0 Å². The van der Waals surface area contributed by atoms with E-state index >= 15 is 0 Å². The predicted molar refractivity (Wildman–Crippen MR) is 234 cm³/mol. The third kappa shape index (κ3) is 5.15. The van der Waals surface area contributed by atoms with Gasteiger partial charge in [-0.2, -0.15) is 0 Å². The molecular formula is C52H34N4. The van der Waals surface area contributed by atoms with Gasteiger partial charge in [-0.05, 0) is 46.5 Å². The maximum atomic E-state index is 5.73. The van der Waals surface area contributed by atoms with Crippen LogP contribution < -0.4 is 0 Å². The van der Waals surface area contributed by atoms with Gasteiger partial charge in [0.2, 0.25) is 0 Å². The molecule has 4 nitrogen and oxygen atoms in total. The zero-order chi connectivity index (χ0) is 37.0. The van der Waals surface area contributed by atoms with Gasteiger partial charge in [0.15, 0.2) is 0 Å². The summed E-state index contributed by atoms with van der Waals surface area (Å²) in [4.78, 5) is 19.2. The van der Waals surface area contributed by atoms with E-state index in [1.807, 2.05) is 0 Å². The number of aromatic nitrogens is 4. The van der Waals surface area contributed by atoms with Crippen molar-refractivity contribution in [1.82, 2.24) is 19.9 Å². The molecule has 0 spiro atoms. The van der Waals surface area contributed by atoms with Crippen LogP contribution in [0.25, 0.3) is 112 Å². The largest absolute Gasteiger partial charge is 0.354 e. The summed E-state index contributed by atoms with van der Waals surface area (Å²) in [6.45, 7) is 0. The van der Waals surface area contributed by atoms with Gasteiger partial charge >= 0.3 is 0 Å². The molecule has 0 fully saturated rings. The second-order valence-corrected chi connectivity index (χ2v) is 14.2. The van der Waals surface area contributed by atoms with Crippen LogP contribution in [0.5, 0.6) is 0 Å². The molecule has 2 aliphatic rings. The Hall–Kier alpha value is -7.56. The molecule has 0 aliphatic carbocycles. The van der Waals surface area contributed by atoms with Crippen molar-refractivity contribution in [2.24, 2.45) is 0 Å². The zero-order valence-electron chi connectivity index (χ0n) is 30.4. The minimum absolute atomic E-state index is 0.896. The molecule has 9 aromatic rings. The van der Waals surface area contributed by atoms with Crippen LogP contribution in [0.4, 0.5) is 0 Å². The lowest BCUT2D eigenvalue weighted by molar-refractivity contribution is 1.32. The van der Waals surface area contributed by atoms with Crippen LogP contribution in [0.3, 0.4) is 0 Å². The Balaban J connectivity index is 1.44. The summed E-state index contributed by atoms with van der Waals surface area (Å²) in [5.74, 6) is 0. The van der Waals surface area contributed by atoms with E-state index in [0.717, 1.165) is 111 Å². The van der Waals surface area contributed by atoms with Crippen molar-refractivity contribution in [1.29, 1.82) is 0 Å². The fourth-order valence-electron chi connectivity index (χ4n) is 8.51. The lowest BCUT2D eigenvalue weighted by Gasteiger charge is -2.08. The molecule has 0 saturated heterocycles. The summed E-state index contributed by atoms with van der Waals surface area (Å²) in [7, 11) is 0. The summed E-state index contributed by atoms with van der Waals surface area (Å²) in [5, 5.41) is 2.24. The van der Waals surface area contributed by atoms with E-state index in [9.17, 15) is 0 Å². The zero-order valence-corrected chi connectivity index (χ0v) is 30.4. The van der Waals surface area contributed by atoms with Crippen LogP contribution in [-0.2, 0) is 0 Å². The lowest BCUT2D eigenvalue weighted by atomic mass is 9.94. The first-order chi connectivity index (χ1) is 27.8. The number of rotatable bonds is 4. The van der Waals surface area contributed by atoms with Crippen molar-refractivity contribution in [2.45, 2.75) is 0 Å². The quantitative estimate of drug-likeness (QED) is 0.191.